The molecule has 5 nitrogen and oxygen atoms in total. The van der Waals surface area contributed by atoms with Crippen LogP contribution in [0, 0.1) is 0 Å². The topological polar surface area (TPSA) is 75.6 Å². The van der Waals surface area contributed by atoms with E-state index in [1.807, 2.05) is 30.3 Å². The van der Waals surface area contributed by atoms with E-state index in [2.05, 4.69) is 4.98 Å². The first kappa shape index (κ1) is 18.4. The molecule has 3 aromatic rings. The second-order valence-electron chi connectivity index (χ2n) is 4.60. The molecule has 0 bridgehead atoms. The highest BCUT2D eigenvalue weighted by molar-refractivity contribution is 5.96. The Hall–Kier alpha value is -2.63. The van der Waals surface area contributed by atoms with Gasteiger partial charge in [0.05, 0.1) is 12.9 Å². The number of hydrogen-bond acceptors (Lipinski definition) is 3. The standard InChI is InChI=1S/C17H14N2O2.ClH.H2O/c20-17(12-19-11-10-18-13-19)14-6-8-16(9-7-14)21-15-4-2-1-3-5-15;;/h1-11,13H,12H2;1H;1H2. The Balaban J connectivity index is 0.00000132. The molecule has 2 aromatic carbocycles. The van der Waals surface area contributed by atoms with E-state index in [1.165, 1.54) is 0 Å². The summed E-state index contributed by atoms with van der Waals surface area (Å²) in [7, 11) is 0. The number of benzene rings is 2. The van der Waals surface area contributed by atoms with Crippen molar-refractivity contribution in [3.63, 3.8) is 0 Å². The second-order valence-corrected chi connectivity index (χ2v) is 4.60. The van der Waals surface area contributed by atoms with Gasteiger partial charge in [0.25, 0.3) is 0 Å². The highest BCUT2D eigenvalue weighted by Gasteiger charge is 2.07. The van der Waals surface area contributed by atoms with Crippen LogP contribution in [0.4, 0.5) is 0 Å². The summed E-state index contributed by atoms with van der Waals surface area (Å²) in [4.78, 5) is 16.0. The fourth-order valence-electron chi connectivity index (χ4n) is 1.97. The van der Waals surface area contributed by atoms with Gasteiger partial charge in [0, 0.05) is 18.0 Å². The molecule has 0 aliphatic carbocycles. The van der Waals surface area contributed by atoms with Crippen molar-refractivity contribution in [2.24, 2.45) is 0 Å². The van der Waals surface area contributed by atoms with Gasteiger partial charge in [-0.2, -0.15) is 0 Å². The molecule has 0 atom stereocenters. The predicted molar refractivity (Wildman–Crippen MR) is 90.4 cm³/mol. The summed E-state index contributed by atoms with van der Waals surface area (Å²) < 4.78 is 7.44. The fraction of sp³-hybridized carbons (Fsp3) is 0.0588. The molecule has 3 rings (SSSR count). The average Bonchev–Trinajstić information content (AvgIpc) is 3.02. The molecule has 6 heteroatoms. The number of rotatable bonds is 5. The smallest absolute Gasteiger partial charge is 0.182 e. The SMILES string of the molecule is Cl.O.O=C(Cn1ccnc1)c1ccc(Oc2ccccc2)cc1. The monoisotopic (exact) mass is 332 g/mol. The van der Waals surface area contributed by atoms with Crippen molar-refractivity contribution in [1.29, 1.82) is 0 Å². The van der Waals surface area contributed by atoms with Gasteiger partial charge in [0.15, 0.2) is 5.78 Å². The Morgan fingerprint density at radius 2 is 1.65 bits per heavy atom. The molecule has 0 saturated carbocycles. The number of imidazole rings is 1. The van der Waals surface area contributed by atoms with Crippen molar-refractivity contribution in [1.82, 2.24) is 9.55 Å². The van der Waals surface area contributed by atoms with Crippen LogP contribution in [0.2, 0.25) is 0 Å². The average molecular weight is 333 g/mol. The number of carbonyl (C=O) groups excluding carboxylic acids is 1. The van der Waals surface area contributed by atoms with Crippen molar-refractivity contribution >= 4 is 18.2 Å². The second kappa shape index (κ2) is 8.73. The molecule has 0 amide bonds. The number of halogens is 1. The Labute approximate surface area is 140 Å². The van der Waals surface area contributed by atoms with Gasteiger partial charge in [-0.05, 0) is 36.4 Å². The van der Waals surface area contributed by atoms with E-state index < -0.39 is 0 Å². The molecule has 0 fully saturated rings. The number of ether oxygens (including phenoxy) is 1. The Morgan fingerprint density at radius 1 is 1.00 bits per heavy atom. The molecule has 0 aliphatic rings. The third-order valence-electron chi connectivity index (χ3n) is 3.04. The number of hydrogen-bond donors (Lipinski definition) is 0. The lowest BCUT2D eigenvalue weighted by Gasteiger charge is -2.06. The van der Waals surface area contributed by atoms with Gasteiger partial charge >= 0.3 is 0 Å². The van der Waals surface area contributed by atoms with Crippen LogP contribution in [0.5, 0.6) is 11.5 Å². The third-order valence-corrected chi connectivity index (χ3v) is 3.04. The molecule has 2 N–H and O–H groups in total. The molecule has 1 heterocycles. The van der Waals surface area contributed by atoms with Crippen LogP contribution >= 0.6 is 12.4 Å². The van der Waals surface area contributed by atoms with E-state index >= 15 is 0 Å². The maximum absolute atomic E-state index is 12.1. The van der Waals surface area contributed by atoms with Gasteiger partial charge in [-0.25, -0.2) is 4.98 Å². The molecule has 0 radical (unpaired) electrons. The number of Topliss-reactive ketones (excluding diaryl/α,β-unsaturated/α-hetero) is 1. The Morgan fingerprint density at radius 3 is 2.26 bits per heavy atom. The van der Waals surface area contributed by atoms with Crippen LogP contribution in [-0.2, 0) is 6.54 Å². The highest BCUT2D eigenvalue weighted by atomic mass is 35.5. The fourth-order valence-corrected chi connectivity index (χ4v) is 1.97. The maximum atomic E-state index is 12.1. The normalized spacial score (nSPS) is 9.39. The summed E-state index contributed by atoms with van der Waals surface area (Å²) in [6.45, 7) is 0.291. The van der Waals surface area contributed by atoms with Crippen molar-refractivity contribution in [3.05, 3.63) is 78.9 Å². The Bertz CT molecular complexity index is 713. The predicted octanol–water partition coefficient (Wildman–Crippen LogP) is 3.16. The first-order chi connectivity index (χ1) is 10.3. The van der Waals surface area contributed by atoms with E-state index in [-0.39, 0.29) is 23.7 Å². The van der Waals surface area contributed by atoms with Crippen molar-refractivity contribution in [2.75, 3.05) is 0 Å². The minimum Gasteiger partial charge on any atom is -0.457 e. The molecule has 23 heavy (non-hydrogen) atoms. The van der Waals surface area contributed by atoms with Crippen LogP contribution < -0.4 is 4.74 Å². The first-order valence-corrected chi connectivity index (χ1v) is 6.63. The lowest BCUT2D eigenvalue weighted by molar-refractivity contribution is 0.0972. The lowest BCUT2D eigenvalue weighted by atomic mass is 10.1. The summed E-state index contributed by atoms with van der Waals surface area (Å²) in [5, 5.41) is 0. The largest absolute Gasteiger partial charge is 0.457 e. The Kier molecular flexibility index (Phi) is 6.99. The molecule has 0 spiro atoms. The molecule has 120 valence electrons. The van der Waals surface area contributed by atoms with Crippen molar-refractivity contribution in [3.8, 4) is 11.5 Å². The van der Waals surface area contributed by atoms with Crippen molar-refractivity contribution < 1.29 is 15.0 Å². The zero-order chi connectivity index (χ0) is 14.5. The number of aromatic nitrogens is 2. The van der Waals surface area contributed by atoms with E-state index in [4.69, 9.17) is 4.74 Å². The van der Waals surface area contributed by atoms with Gasteiger partial charge in [0.2, 0.25) is 0 Å². The lowest BCUT2D eigenvalue weighted by Crippen LogP contribution is -2.08. The number of carbonyl (C=O) groups is 1. The van der Waals surface area contributed by atoms with Gasteiger partial charge in [0.1, 0.15) is 11.5 Å². The summed E-state index contributed by atoms with van der Waals surface area (Å²) in [6, 6.07) is 16.7. The van der Waals surface area contributed by atoms with Crippen LogP contribution in [0.15, 0.2) is 73.3 Å². The number of nitrogens with zero attached hydrogens (tertiary/aromatic N) is 2. The molecule has 0 aliphatic heterocycles. The molecular weight excluding hydrogens is 316 g/mol. The van der Waals surface area contributed by atoms with Gasteiger partial charge < -0.3 is 14.8 Å². The summed E-state index contributed by atoms with van der Waals surface area (Å²) in [5.74, 6) is 1.52. The third kappa shape index (κ3) is 4.95. The van der Waals surface area contributed by atoms with Gasteiger partial charge in [-0.1, -0.05) is 18.2 Å². The molecule has 1 aromatic heterocycles. The first-order valence-electron chi connectivity index (χ1n) is 6.63. The molecule has 0 saturated heterocycles. The van der Waals surface area contributed by atoms with E-state index in [9.17, 15) is 4.79 Å². The van der Waals surface area contributed by atoms with Crippen LogP contribution in [0.25, 0.3) is 0 Å². The van der Waals surface area contributed by atoms with Crippen LogP contribution in [0.3, 0.4) is 0 Å². The quantitative estimate of drug-likeness (QED) is 0.673. The van der Waals surface area contributed by atoms with Gasteiger partial charge in [-0.15, -0.1) is 12.4 Å². The van der Waals surface area contributed by atoms with E-state index in [1.54, 1.807) is 47.6 Å². The number of ketones is 1. The zero-order valence-electron chi connectivity index (χ0n) is 12.3. The summed E-state index contributed by atoms with van der Waals surface area (Å²) in [6.07, 6.45) is 5.06. The molecule has 0 unspecified atom stereocenters. The zero-order valence-corrected chi connectivity index (χ0v) is 13.1. The summed E-state index contributed by atoms with van der Waals surface area (Å²) >= 11 is 0. The van der Waals surface area contributed by atoms with Crippen LogP contribution in [-0.4, -0.2) is 20.8 Å². The van der Waals surface area contributed by atoms with E-state index in [0.29, 0.717) is 17.9 Å². The van der Waals surface area contributed by atoms with Crippen LogP contribution in [0.1, 0.15) is 10.4 Å². The highest BCUT2D eigenvalue weighted by Crippen LogP contribution is 2.21. The minimum absolute atomic E-state index is 0. The molecular formula is C17H17ClN2O3. The van der Waals surface area contributed by atoms with Crippen molar-refractivity contribution in [2.45, 2.75) is 6.54 Å². The number of para-hydroxylation sites is 1. The van der Waals surface area contributed by atoms with Gasteiger partial charge in [-0.3, -0.25) is 4.79 Å². The maximum Gasteiger partial charge on any atom is 0.182 e. The minimum atomic E-state index is 0. The van der Waals surface area contributed by atoms with E-state index in [0.717, 1.165) is 5.75 Å². The summed E-state index contributed by atoms with van der Waals surface area (Å²) in [5.41, 5.74) is 0.657.